The third-order valence-corrected chi connectivity index (χ3v) is 5.08. The van der Waals surface area contributed by atoms with Crippen molar-refractivity contribution >= 4 is 0 Å². The van der Waals surface area contributed by atoms with Crippen molar-refractivity contribution in [2.75, 3.05) is 20.2 Å². The Labute approximate surface area is 129 Å². The van der Waals surface area contributed by atoms with Crippen LogP contribution in [0.3, 0.4) is 0 Å². The molecular weight excluding hydrogens is 260 g/mol. The van der Waals surface area contributed by atoms with E-state index in [0.717, 1.165) is 31.2 Å². The number of methoxy groups -OCH3 is 1. The summed E-state index contributed by atoms with van der Waals surface area (Å²) in [4.78, 5) is 2.58. The summed E-state index contributed by atoms with van der Waals surface area (Å²) < 4.78 is 5.34. The largest absolute Gasteiger partial charge is 0.497 e. The average Bonchev–Trinajstić information content (AvgIpc) is 2.85. The molecule has 0 radical (unpaired) electrons. The molecule has 2 unspecified atom stereocenters. The molecule has 1 aliphatic carbocycles. The number of benzene rings is 1. The zero-order valence-electron chi connectivity index (χ0n) is 13.9. The van der Waals surface area contributed by atoms with Crippen molar-refractivity contribution in [2.45, 2.75) is 52.1 Å². The van der Waals surface area contributed by atoms with Crippen molar-refractivity contribution < 1.29 is 4.74 Å². The highest BCUT2D eigenvalue weighted by Crippen LogP contribution is 2.35. The van der Waals surface area contributed by atoms with E-state index >= 15 is 0 Å². The van der Waals surface area contributed by atoms with Crippen molar-refractivity contribution in [1.82, 2.24) is 4.90 Å². The van der Waals surface area contributed by atoms with Gasteiger partial charge in [-0.3, -0.25) is 4.90 Å². The van der Waals surface area contributed by atoms with Crippen LogP contribution in [-0.4, -0.2) is 31.1 Å². The van der Waals surface area contributed by atoms with Gasteiger partial charge in [0, 0.05) is 18.6 Å². The van der Waals surface area contributed by atoms with Gasteiger partial charge >= 0.3 is 0 Å². The van der Waals surface area contributed by atoms with E-state index in [1.165, 1.54) is 24.0 Å². The second-order valence-electron chi connectivity index (χ2n) is 6.13. The van der Waals surface area contributed by atoms with E-state index in [-0.39, 0.29) is 6.04 Å². The van der Waals surface area contributed by atoms with Crippen molar-refractivity contribution in [1.29, 1.82) is 0 Å². The first kappa shape index (κ1) is 16.3. The van der Waals surface area contributed by atoms with Gasteiger partial charge < -0.3 is 10.5 Å². The van der Waals surface area contributed by atoms with Crippen LogP contribution in [0, 0.1) is 5.92 Å². The predicted molar refractivity (Wildman–Crippen MR) is 88.7 cm³/mol. The molecule has 21 heavy (non-hydrogen) atoms. The van der Waals surface area contributed by atoms with Crippen LogP contribution < -0.4 is 10.5 Å². The Bertz CT molecular complexity index is 457. The molecule has 0 aromatic heterocycles. The zero-order chi connectivity index (χ0) is 15.4. The van der Waals surface area contributed by atoms with Crippen LogP contribution in [0.1, 0.15) is 50.8 Å². The SMILES string of the molecule is CCC(CC)CN(CC)C1Cc2ccc(OC)cc2C1N. The molecule has 1 aromatic carbocycles. The molecule has 0 spiro atoms. The molecule has 2 N–H and O–H groups in total. The summed E-state index contributed by atoms with van der Waals surface area (Å²) >= 11 is 0. The maximum atomic E-state index is 6.55. The Morgan fingerprint density at radius 3 is 2.57 bits per heavy atom. The lowest BCUT2D eigenvalue weighted by Crippen LogP contribution is -2.43. The summed E-state index contributed by atoms with van der Waals surface area (Å²) in [6.07, 6.45) is 3.56. The van der Waals surface area contributed by atoms with Crippen LogP contribution in [0.5, 0.6) is 5.75 Å². The quantitative estimate of drug-likeness (QED) is 0.836. The van der Waals surface area contributed by atoms with E-state index < -0.39 is 0 Å². The molecule has 3 nitrogen and oxygen atoms in total. The molecule has 1 aromatic rings. The lowest BCUT2D eigenvalue weighted by Gasteiger charge is -2.33. The molecule has 2 atom stereocenters. The second-order valence-corrected chi connectivity index (χ2v) is 6.13. The van der Waals surface area contributed by atoms with Gasteiger partial charge in [-0.15, -0.1) is 0 Å². The normalized spacial score (nSPS) is 21.1. The molecule has 0 fully saturated rings. The third-order valence-electron chi connectivity index (χ3n) is 5.08. The standard InChI is InChI=1S/C18H30N2O/c1-5-13(6-2)12-20(7-3)17-10-14-8-9-15(21-4)11-16(14)18(17)19/h8-9,11,13,17-18H,5-7,10,12,19H2,1-4H3. The lowest BCUT2D eigenvalue weighted by molar-refractivity contribution is 0.156. The Hall–Kier alpha value is -1.06. The van der Waals surface area contributed by atoms with Gasteiger partial charge in [0.25, 0.3) is 0 Å². The van der Waals surface area contributed by atoms with Crippen LogP contribution >= 0.6 is 0 Å². The number of ether oxygens (including phenoxy) is 1. The monoisotopic (exact) mass is 290 g/mol. The van der Waals surface area contributed by atoms with E-state index in [9.17, 15) is 0 Å². The first-order valence-corrected chi connectivity index (χ1v) is 8.30. The third kappa shape index (κ3) is 3.41. The summed E-state index contributed by atoms with van der Waals surface area (Å²) in [7, 11) is 1.71. The summed E-state index contributed by atoms with van der Waals surface area (Å²) in [6.45, 7) is 9.05. The average molecular weight is 290 g/mol. The fourth-order valence-corrected chi connectivity index (χ4v) is 3.49. The molecule has 0 bridgehead atoms. The van der Waals surface area contributed by atoms with Gasteiger partial charge in [0.15, 0.2) is 0 Å². The van der Waals surface area contributed by atoms with Crippen molar-refractivity contribution in [3.63, 3.8) is 0 Å². The second kappa shape index (κ2) is 7.28. The Morgan fingerprint density at radius 1 is 1.29 bits per heavy atom. The summed E-state index contributed by atoms with van der Waals surface area (Å²) in [5.74, 6) is 1.68. The summed E-state index contributed by atoms with van der Waals surface area (Å²) in [5.41, 5.74) is 9.20. The molecule has 2 rings (SSSR count). The molecule has 0 saturated heterocycles. The fraction of sp³-hybridized carbons (Fsp3) is 0.667. The maximum Gasteiger partial charge on any atom is 0.119 e. The molecule has 0 aliphatic heterocycles. The lowest BCUT2D eigenvalue weighted by atomic mass is 10.00. The van der Waals surface area contributed by atoms with Crippen LogP contribution in [-0.2, 0) is 6.42 Å². The number of likely N-dealkylation sites (N-methyl/N-ethyl adjacent to an activating group) is 1. The topological polar surface area (TPSA) is 38.5 Å². The van der Waals surface area contributed by atoms with Gasteiger partial charge in [-0.25, -0.2) is 0 Å². The first-order chi connectivity index (χ1) is 10.1. The number of hydrogen-bond donors (Lipinski definition) is 1. The number of hydrogen-bond acceptors (Lipinski definition) is 3. The van der Waals surface area contributed by atoms with Gasteiger partial charge in [0.05, 0.1) is 7.11 Å². The van der Waals surface area contributed by atoms with Crippen LogP contribution in [0.25, 0.3) is 0 Å². The van der Waals surface area contributed by atoms with Gasteiger partial charge in [-0.1, -0.05) is 39.7 Å². The molecule has 118 valence electrons. The fourth-order valence-electron chi connectivity index (χ4n) is 3.49. The number of rotatable bonds is 7. The smallest absolute Gasteiger partial charge is 0.119 e. The highest BCUT2D eigenvalue weighted by molar-refractivity contribution is 5.42. The molecule has 0 saturated carbocycles. The summed E-state index contributed by atoms with van der Waals surface area (Å²) in [6, 6.07) is 6.87. The highest BCUT2D eigenvalue weighted by Gasteiger charge is 2.34. The Morgan fingerprint density at radius 2 is 2.00 bits per heavy atom. The maximum absolute atomic E-state index is 6.55. The van der Waals surface area contributed by atoms with Gasteiger partial charge in [-0.05, 0) is 42.1 Å². The number of nitrogens with zero attached hydrogens (tertiary/aromatic N) is 1. The minimum atomic E-state index is 0.101. The number of fused-ring (bicyclic) bond motifs is 1. The van der Waals surface area contributed by atoms with Crippen LogP contribution in [0.15, 0.2) is 18.2 Å². The van der Waals surface area contributed by atoms with Crippen LogP contribution in [0.2, 0.25) is 0 Å². The van der Waals surface area contributed by atoms with E-state index in [1.807, 2.05) is 6.07 Å². The minimum absolute atomic E-state index is 0.101. The molecule has 0 heterocycles. The van der Waals surface area contributed by atoms with Gasteiger partial charge in [0.1, 0.15) is 5.75 Å². The van der Waals surface area contributed by atoms with E-state index in [4.69, 9.17) is 10.5 Å². The summed E-state index contributed by atoms with van der Waals surface area (Å²) in [5, 5.41) is 0. The molecule has 1 aliphatic rings. The van der Waals surface area contributed by atoms with E-state index in [2.05, 4.69) is 37.8 Å². The van der Waals surface area contributed by atoms with E-state index in [1.54, 1.807) is 7.11 Å². The van der Waals surface area contributed by atoms with Gasteiger partial charge in [0.2, 0.25) is 0 Å². The minimum Gasteiger partial charge on any atom is -0.497 e. The highest BCUT2D eigenvalue weighted by atomic mass is 16.5. The van der Waals surface area contributed by atoms with Gasteiger partial charge in [-0.2, -0.15) is 0 Å². The Balaban J connectivity index is 2.14. The van der Waals surface area contributed by atoms with Crippen LogP contribution in [0.4, 0.5) is 0 Å². The Kier molecular flexibility index (Phi) is 5.65. The first-order valence-electron chi connectivity index (χ1n) is 8.30. The predicted octanol–water partition coefficient (Wildman–Crippen LogP) is 3.38. The zero-order valence-corrected chi connectivity index (χ0v) is 13.9. The molecule has 0 amide bonds. The van der Waals surface area contributed by atoms with Crippen molar-refractivity contribution in [2.24, 2.45) is 11.7 Å². The van der Waals surface area contributed by atoms with E-state index in [0.29, 0.717) is 6.04 Å². The number of nitrogens with two attached hydrogens (primary N) is 1. The van der Waals surface area contributed by atoms with Crippen molar-refractivity contribution in [3.8, 4) is 5.75 Å². The van der Waals surface area contributed by atoms with Crippen molar-refractivity contribution in [3.05, 3.63) is 29.3 Å². The molecular formula is C18H30N2O. The molecule has 3 heteroatoms.